The lowest BCUT2D eigenvalue weighted by atomic mass is 10.2. The lowest BCUT2D eigenvalue weighted by Gasteiger charge is -2.22. The van der Waals surface area contributed by atoms with E-state index in [0.717, 1.165) is 19.0 Å². The molecule has 1 aliphatic heterocycles. The van der Waals surface area contributed by atoms with Crippen molar-refractivity contribution in [2.45, 2.75) is 25.8 Å². The van der Waals surface area contributed by atoms with Crippen molar-refractivity contribution >= 4 is 6.03 Å². The number of nitrogens with one attached hydrogen (secondary N) is 1. The molecular weight excluding hydrogens is 140 g/mol. The Morgan fingerprint density at radius 2 is 2.36 bits per heavy atom. The van der Waals surface area contributed by atoms with Crippen LogP contribution >= 0.6 is 0 Å². The fraction of sp³-hybridized carbons (Fsp3) is 0.875. The van der Waals surface area contributed by atoms with Gasteiger partial charge >= 0.3 is 6.03 Å². The predicted octanol–water partition coefficient (Wildman–Crippen LogP) is 0.810. The van der Waals surface area contributed by atoms with Crippen LogP contribution in [0.15, 0.2) is 0 Å². The Labute approximate surface area is 66.8 Å². The first-order valence-corrected chi connectivity index (χ1v) is 4.33. The van der Waals surface area contributed by atoms with Gasteiger partial charge in [0.2, 0.25) is 0 Å². The van der Waals surface area contributed by atoms with E-state index in [1.807, 2.05) is 4.90 Å². The van der Waals surface area contributed by atoms with E-state index in [9.17, 15) is 4.79 Å². The fourth-order valence-electron chi connectivity index (χ4n) is 1.71. The maximum atomic E-state index is 11.2. The molecule has 2 amide bonds. The molecule has 0 spiro atoms. The Morgan fingerprint density at radius 3 is 2.82 bits per heavy atom. The molecule has 0 aromatic heterocycles. The Bertz CT molecular complexity index is 177. The average molecular weight is 154 g/mol. The SMILES string of the molecule is C[C@@H](C1CC1)N1CCNC1=O. The van der Waals surface area contributed by atoms with Crippen molar-refractivity contribution in [2.75, 3.05) is 13.1 Å². The molecule has 1 N–H and O–H groups in total. The summed E-state index contributed by atoms with van der Waals surface area (Å²) in [7, 11) is 0. The highest BCUT2D eigenvalue weighted by Gasteiger charge is 2.35. The van der Waals surface area contributed by atoms with Crippen LogP contribution in [0.2, 0.25) is 0 Å². The minimum Gasteiger partial charge on any atom is -0.336 e. The van der Waals surface area contributed by atoms with Gasteiger partial charge in [-0.05, 0) is 25.7 Å². The summed E-state index contributed by atoms with van der Waals surface area (Å²) >= 11 is 0. The van der Waals surface area contributed by atoms with Crippen LogP contribution in [0.3, 0.4) is 0 Å². The van der Waals surface area contributed by atoms with Gasteiger partial charge in [0.15, 0.2) is 0 Å². The number of hydrogen-bond acceptors (Lipinski definition) is 1. The van der Waals surface area contributed by atoms with E-state index in [0.29, 0.717) is 6.04 Å². The highest BCUT2D eigenvalue weighted by molar-refractivity contribution is 5.76. The Balaban J connectivity index is 1.96. The molecular formula is C8H14N2O. The molecule has 0 bridgehead atoms. The number of hydrogen-bond donors (Lipinski definition) is 1. The summed E-state index contributed by atoms with van der Waals surface area (Å²) in [6, 6.07) is 0.599. The van der Waals surface area contributed by atoms with Crippen LogP contribution in [0.1, 0.15) is 19.8 Å². The summed E-state index contributed by atoms with van der Waals surface area (Å²) in [6.07, 6.45) is 2.62. The van der Waals surface area contributed by atoms with Gasteiger partial charge in [0.25, 0.3) is 0 Å². The van der Waals surface area contributed by atoms with Gasteiger partial charge in [-0.15, -0.1) is 0 Å². The third-order valence-corrected chi connectivity index (χ3v) is 2.69. The summed E-state index contributed by atoms with van der Waals surface area (Å²) in [4.78, 5) is 13.1. The molecule has 1 heterocycles. The van der Waals surface area contributed by atoms with Crippen LogP contribution in [0.4, 0.5) is 4.79 Å². The second kappa shape index (κ2) is 2.40. The van der Waals surface area contributed by atoms with Gasteiger partial charge in [-0.1, -0.05) is 0 Å². The van der Waals surface area contributed by atoms with Crippen LogP contribution < -0.4 is 5.32 Å². The second-order valence-corrected chi connectivity index (χ2v) is 3.50. The standard InChI is InChI=1S/C8H14N2O/c1-6(7-2-3-7)10-5-4-9-8(10)11/h6-7H,2-5H2,1H3,(H,9,11)/t6-/m0/s1. The minimum atomic E-state index is 0.129. The van der Waals surface area contributed by atoms with E-state index in [-0.39, 0.29) is 6.03 Å². The molecule has 62 valence electrons. The average Bonchev–Trinajstić information content (AvgIpc) is 2.74. The molecule has 1 saturated carbocycles. The summed E-state index contributed by atoms with van der Waals surface area (Å²) in [5.41, 5.74) is 0. The maximum absolute atomic E-state index is 11.2. The molecule has 2 aliphatic rings. The van der Waals surface area contributed by atoms with Gasteiger partial charge in [-0.3, -0.25) is 0 Å². The Hall–Kier alpha value is -0.730. The maximum Gasteiger partial charge on any atom is 0.317 e. The van der Waals surface area contributed by atoms with E-state index in [1.54, 1.807) is 0 Å². The minimum absolute atomic E-state index is 0.129. The van der Waals surface area contributed by atoms with Crippen molar-refractivity contribution < 1.29 is 4.79 Å². The zero-order valence-electron chi connectivity index (χ0n) is 6.84. The van der Waals surface area contributed by atoms with E-state index in [1.165, 1.54) is 12.8 Å². The van der Waals surface area contributed by atoms with E-state index in [2.05, 4.69) is 12.2 Å². The Kier molecular flexibility index (Phi) is 1.51. The van der Waals surface area contributed by atoms with Crippen LogP contribution in [-0.4, -0.2) is 30.1 Å². The topological polar surface area (TPSA) is 32.3 Å². The van der Waals surface area contributed by atoms with Crippen molar-refractivity contribution in [1.82, 2.24) is 10.2 Å². The Morgan fingerprint density at radius 1 is 1.64 bits per heavy atom. The molecule has 1 atom stereocenters. The number of rotatable bonds is 2. The van der Waals surface area contributed by atoms with Gasteiger partial charge in [-0.2, -0.15) is 0 Å². The molecule has 1 aliphatic carbocycles. The van der Waals surface area contributed by atoms with E-state index >= 15 is 0 Å². The number of urea groups is 1. The van der Waals surface area contributed by atoms with Crippen molar-refractivity contribution in [2.24, 2.45) is 5.92 Å². The van der Waals surface area contributed by atoms with Crippen LogP contribution in [0.25, 0.3) is 0 Å². The van der Waals surface area contributed by atoms with E-state index in [4.69, 9.17) is 0 Å². The number of amides is 2. The molecule has 3 nitrogen and oxygen atoms in total. The third kappa shape index (κ3) is 1.19. The van der Waals surface area contributed by atoms with Crippen molar-refractivity contribution in [3.8, 4) is 0 Å². The van der Waals surface area contributed by atoms with Crippen molar-refractivity contribution in [1.29, 1.82) is 0 Å². The lowest BCUT2D eigenvalue weighted by Crippen LogP contribution is -2.37. The number of nitrogens with zero attached hydrogens (tertiary/aromatic N) is 1. The molecule has 0 radical (unpaired) electrons. The molecule has 1 saturated heterocycles. The highest BCUT2D eigenvalue weighted by Crippen LogP contribution is 2.35. The normalized spacial score (nSPS) is 27.0. The summed E-state index contributed by atoms with van der Waals surface area (Å²) < 4.78 is 0. The zero-order valence-corrected chi connectivity index (χ0v) is 6.84. The smallest absolute Gasteiger partial charge is 0.317 e. The molecule has 0 unspecified atom stereocenters. The first kappa shape index (κ1) is 6.95. The molecule has 3 heteroatoms. The van der Waals surface area contributed by atoms with Crippen molar-refractivity contribution in [3.05, 3.63) is 0 Å². The first-order valence-electron chi connectivity index (χ1n) is 4.33. The molecule has 2 fully saturated rings. The zero-order chi connectivity index (χ0) is 7.84. The lowest BCUT2D eigenvalue weighted by molar-refractivity contribution is 0.195. The van der Waals surface area contributed by atoms with Crippen LogP contribution in [-0.2, 0) is 0 Å². The summed E-state index contributed by atoms with van der Waals surface area (Å²) in [5.74, 6) is 0.791. The molecule has 0 aromatic carbocycles. The molecule has 2 rings (SSSR count). The van der Waals surface area contributed by atoms with Crippen molar-refractivity contribution in [3.63, 3.8) is 0 Å². The van der Waals surface area contributed by atoms with Gasteiger partial charge in [-0.25, -0.2) is 4.79 Å². The first-order chi connectivity index (χ1) is 5.29. The van der Waals surface area contributed by atoms with Crippen LogP contribution in [0.5, 0.6) is 0 Å². The molecule has 11 heavy (non-hydrogen) atoms. The highest BCUT2D eigenvalue weighted by atomic mass is 16.2. The predicted molar refractivity (Wildman–Crippen MR) is 42.3 cm³/mol. The second-order valence-electron chi connectivity index (χ2n) is 3.50. The monoisotopic (exact) mass is 154 g/mol. The quantitative estimate of drug-likeness (QED) is 0.627. The summed E-state index contributed by atoms with van der Waals surface area (Å²) in [5, 5.41) is 2.82. The van der Waals surface area contributed by atoms with Crippen LogP contribution in [0, 0.1) is 5.92 Å². The van der Waals surface area contributed by atoms with Gasteiger partial charge in [0, 0.05) is 19.1 Å². The largest absolute Gasteiger partial charge is 0.336 e. The summed E-state index contributed by atoms with van der Waals surface area (Å²) in [6.45, 7) is 3.88. The van der Waals surface area contributed by atoms with E-state index < -0.39 is 0 Å². The van der Waals surface area contributed by atoms with Gasteiger partial charge in [0.05, 0.1) is 0 Å². The third-order valence-electron chi connectivity index (χ3n) is 2.69. The van der Waals surface area contributed by atoms with Gasteiger partial charge in [0.1, 0.15) is 0 Å². The number of carbonyl (C=O) groups is 1. The fourth-order valence-corrected chi connectivity index (χ4v) is 1.71. The van der Waals surface area contributed by atoms with Gasteiger partial charge < -0.3 is 10.2 Å². The number of carbonyl (C=O) groups excluding carboxylic acids is 1. The molecule has 0 aromatic rings.